The van der Waals surface area contributed by atoms with Gasteiger partial charge < -0.3 is 20.2 Å². The molecule has 0 aliphatic heterocycles. The number of halogens is 3. The van der Waals surface area contributed by atoms with Crippen molar-refractivity contribution in [3.63, 3.8) is 0 Å². The van der Waals surface area contributed by atoms with Crippen LogP contribution in [0.4, 0.5) is 18.0 Å². The molecule has 0 saturated heterocycles. The standard InChI is InChI=1S/C12H22F3N3O4S/c1-7(17-10(19)20)8(6-16-21)5-9(12(13,14)15)18-23(22)11(2,3)4/h6-9,17-18,21H,5H2,1-4H3,(H,19,20)/b16-6+/t7-,8+,9?,23-/m1/s1. The van der Waals surface area contributed by atoms with Gasteiger partial charge in [-0.1, -0.05) is 0 Å². The average Bonchev–Trinajstić information content (AvgIpc) is 2.33. The fraction of sp³-hybridized carbons (Fsp3) is 0.833. The van der Waals surface area contributed by atoms with E-state index in [-0.39, 0.29) is 0 Å². The number of carbonyl (C=O) groups is 1. The lowest BCUT2D eigenvalue weighted by molar-refractivity contribution is -0.154. The molecule has 0 heterocycles. The van der Waals surface area contributed by atoms with E-state index in [1.165, 1.54) is 27.7 Å². The molecular weight excluding hydrogens is 339 g/mol. The van der Waals surface area contributed by atoms with Crippen molar-refractivity contribution in [2.45, 2.75) is 57.1 Å². The summed E-state index contributed by atoms with van der Waals surface area (Å²) in [6, 6.07) is -3.08. The minimum Gasteiger partial charge on any atom is -0.598 e. The van der Waals surface area contributed by atoms with E-state index in [0.29, 0.717) is 0 Å². The molecule has 0 saturated carbocycles. The Morgan fingerprint density at radius 3 is 2.26 bits per heavy atom. The molecule has 0 aromatic rings. The maximum Gasteiger partial charge on any atom is 0.408 e. The van der Waals surface area contributed by atoms with E-state index in [1.54, 1.807) is 0 Å². The van der Waals surface area contributed by atoms with Crippen molar-refractivity contribution >= 4 is 23.7 Å². The number of oxime groups is 1. The Kier molecular flexibility index (Phi) is 8.15. The largest absolute Gasteiger partial charge is 0.598 e. The summed E-state index contributed by atoms with van der Waals surface area (Å²) in [5.41, 5.74) is 0. The van der Waals surface area contributed by atoms with Gasteiger partial charge >= 0.3 is 12.3 Å². The summed E-state index contributed by atoms with van der Waals surface area (Å²) in [5, 5.41) is 21.9. The highest BCUT2D eigenvalue weighted by Crippen LogP contribution is 2.28. The Balaban J connectivity index is 5.20. The third kappa shape index (κ3) is 8.28. The van der Waals surface area contributed by atoms with Crippen LogP contribution in [0.3, 0.4) is 0 Å². The Labute approximate surface area is 135 Å². The molecule has 0 aliphatic carbocycles. The lowest BCUT2D eigenvalue weighted by atomic mass is 9.94. The van der Waals surface area contributed by atoms with Crippen LogP contribution in [0, 0.1) is 5.92 Å². The van der Waals surface area contributed by atoms with Gasteiger partial charge in [0, 0.05) is 29.5 Å². The van der Waals surface area contributed by atoms with Crippen molar-refractivity contribution in [2.75, 3.05) is 0 Å². The van der Waals surface area contributed by atoms with Crippen LogP contribution < -0.4 is 10.0 Å². The highest BCUT2D eigenvalue weighted by atomic mass is 32.2. The normalized spacial score (nSPS) is 18.4. The summed E-state index contributed by atoms with van der Waals surface area (Å²) >= 11 is -1.97. The summed E-state index contributed by atoms with van der Waals surface area (Å²) in [6.45, 7) is 5.90. The summed E-state index contributed by atoms with van der Waals surface area (Å²) in [7, 11) is 0. The molecule has 4 atom stereocenters. The number of nitrogens with zero attached hydrogens (tertiary/aromatic N) is 1. The molecule has 7 nitrogen and oxygen atoms in total. The van der Waals surface area contributed by atoms with E-state index in [1.807, 2.05) is 10.0 Å². The summed E-state index contributed by atoms with van der Waals surface area (Å²) in [6.07, 6.45) is -5.94. The molecule has 0 aromatic heterocycles. The first-order chi connectivity index (χ1) is 10.3. The number of nitrogens with one attached hydrogen (secondary N) is 2. The van der Waals surface area contributed by atoms with Gasteiger partial charge in [-0.25, -0.2) is 4.79 Å². The third-order valence-electron chi connectivity index (χ3n) is 2.96. The summed E-state index contributed by atoms with van der Waals surface area (Å²) in [5.74, 6) is -1.05. The lowest BCUT2D eigenvalue weighted by Crippen LogP contribution is -2.52. The average molecular weight is 361 g/mol. The molecule has 1 unspecified atom stereocenters. The van der Waals surface area contributed by atoms with Crippen LogP contribution >= 0.6 is 0 Å². The fourth-order valence-electron chi connectivity index (χ4n) is 1.61. The molecule has 23 heavy (non-hydrogen) atoms. The quantitative estimate of drug-likeness (QED) is 0.240. The van der Waals surface area contributed by atoms with Crippen molar-refractivity contribution in [2.24, 2.45) is 11.1 Å². The first kappa shape index (κ1) is 21.8. The van der Waals surface area contributed by atoms with Crippen LogP contribution in [0.1, 0.15) is 34.1 Å². The lowest BCUT2D eigenvalue weighted by Gasteiger charge is -2.31. The number of hydrogen-bond acceptors (Lipinski definition) is 5. The van der Waals surface area contributed by atoms with Gasteiger partial charge in [-0.15, -0.1) is 9.88 Å². The molecule has 0 spiro atoms. The van der Waals surface area contributed by atoms with Crippen LogP contribution in [0.15, 0.2) is 5.16 Å². The van der Waals surface area contributed by atoms with Crippen molar-refractivity contribution in [3.8, 4) is 0 Å². The van der Waals surface area contributed by atoms with Crippen LogP contribution in [-0.2, 0) is 11.4 Å². The van der Waals surface area contributed by atoms with Crippen molar-refractivity contribution < 1.29 is 32.8 Å². The second-order valence-electron chi connectivity index (χ2n) is 6.00. The topological polar surface area (TPSA) is 117 Å². The Bertz CT molecular complexity index is 415. The molecule has 0 aromatic carbocycles. The maximum atomic E-state index is 13.2. The number of hydrogen-bond donors (Lipinski definition) is 4. The number of amides is 1. The summed E-state index contributed by atoms with van der Waals surface area (Å²) < 4.78 is 52.5. The SMILES string of the molecule is C[C@@H](NC(=O)O)[C@H](/C=N/O)CC(N[S@+]([O-])C(C)(C)C)C(F)(F)F. The monoisotopic (exact) mass is 361 g/mol. The smallest absolute Gasteiger partial charge is 0.408 e. The Hall–Kier alpha value is -1.20. The van der Waals surface area contributed by atoms with Gasteiger partial charge in [0.15, 0.2) is 0 Å². The predicted molar refractivity (Wildman–Crippen MR) is 79.9 cm³/mol. The highest BCUT2D eigenvalue weighted by Gasteiger charge is 2.46. The van der Waals surface area contributed by atoms with Crippen molar-refractivity contribution in [3.05, 3.63) is 0 Å². The number of alkyl halides is 3. The first-order valence-electron chi connectivity index (χ1n) is 6.70. The number of rotatable bonds is 7. The minimum atomic E-state index is -4.70. The van der Waals surface area contributed by atoms with E-state index in [0.717, 1.165) is 6.21 Å². The van der Waals surface area contributed by atoms with Gasteiger partial charge in [-0.2, -0.15) is 13.2 Å². The highest BCUT2D eigenvalue weighted by molar-refractivity contribution is 7.90. The first-order valence-corrected chi connectivity index (χ1v) is 7.85. The molecule has 0 rings (SSSR count). The van der Waals surface area contributed by atoms with E-state index in [9.17, 15) is 22.5 Å². The van der Waals surface area contributed by atoms with Gasteiger partial charge in [-0.05, 0) is 34.1 Å². The van der Waals surface area contributed by atoms with Gasteiger partial charge in [0.2, 0.25) is 0 Å². The molecule has 0 radical (unpaired) electrons. The van der Waals surface area contributed by atoms with Gasteiger partial charge in [0.05, 0.1) is 0 Å². The molecule has 0 fully saturated rings. The molecule has 4 N–H and O–H groups in total. The zero-order chi connectivity index (χ0) is 18.4. The predicted octanol–water partition coefficient (Wildman–Crippen LogP) is 2.09. The van der Waals surface area contributed by atoms with Crippen LogP contribution in [0.5, 0.6) is 0 Å². The molecular formula is C12H22F3N3O4S. The Morgan fingerprint density at radius 2 is 1.91 bits per heavy atom. The molecule has 0 bridgehead atoms. The zero-order valence-electron chi connectivity index (χ0n) is 13.2. The molecule has 136 valence electrons. The maximum absolute atomic E-state index is 13.2. The molecule has 11 heteroatoms. The van der Waals surface area contributed by atoms with Crippen LogP contribution in [0.25, 0.3) is 0 Å². The van der Waals surface area contributed by atoms with E-state index >= 15 is 0 Å². The zero-order valence-corrected chi connectivity index (χ0v) is 14.0. The second kappa shape index (κ2) is 8.60. The van der Waals surface area contributed by atoms with E-state index in [2.05, 4.69) is 5.16 Å². The van der Waals surface area contributed by atoms with Gasteiger partial charge in [-0.3, -0.25) is 0 Å². The van der Waals surface area contributed by atoms with Crippen molar-refractivity contribution in [1.29, 1.82) is 0 Å². The van der Waals surface area contributed by atoms with E-state index < -0.39 is 52.8 Å². The summed E-state index contributed by atoms with van der Waals surface area (Å²) in [4.78, 5) is 10.6. The molecule has 1 amide bonds. The van der Waals surface area contributed by atoms with Crippen LogP contribution in [-0.4, -0.2) is 50.2 Å². The second-order valence-corrected chi connectivity index (χ2v) is 7.99. The van der Waals surface area contributed by atoms with Gasteiger partial charge in [0.1, 0.15) is 10.8 Å². The minimum absolute atomic E-state index is 0.642. The van der Waals surface area contributed by atoms with Gasteiger partial charge in [0.25, 0.3) is 0 Å². The van der Waals surface area contributed by atoms with Crippen LogP contribution in [0.2, 0.25) is 0 Å². The van der Waals surface area contributed by atoms with Crippen molar-refractivity contribution in [1.82, 2.24) is 10.0 Å². The third-order valence-corrected chi connectivity index (χ3v) is 4.57. The fourth-order valence-corrected chi connectivity index (χ4v) is 2.45. The number of carboxylic acid groups (broad SMARTS) is 1. The van der Waals surface area contributed by atoms with E-state index in [4.69, 9.17) is 10.3 Å². The molecule has 0 aliphatic rings. The Morgan fingerprint density at radius 1 is 1.39 bits per heavy atom.